The maximum absolute atomic E-state index is 13.5. The monoisotopic (exact) mass is 278 g/mol. The van der Waals surface area contributed by atoms with Crippen LogP contribution in [0.3, 0.4) is 0 Å². The molecule has 0 aliphatic heterocycles. The summed E-state index contributed by atoms with van der Waals surface area (Å²) >= 11 is 11.4. The number of carbonyl (C=O) groups is 2. The number of ether oxygens (including phenoxy) is 1. The summed E-state index contributed by atoms with van der Waals surface area (Å²) in [5.41, 5.74) is -0.171. The van der Waals surface area contributed by atoms with Crippen LogP contribution in [0.1, 0.15) is 22.8 Å². The minimum Gasteiger partial charge on any atom is -0.460 e. The third-order valence-electron chi connectivity index (χ3n) is 2.03. The Hall–Kier alpha value is -1.13. The van der Waals surface area contributed by atoms with Gasteiger partial charge in [0.15, 0.2) is 0 Å². The van der Waals surface area contributed by atoms with E-state index in [1.54, 1.807) is 6.92 Å². The van der Waals surface area contributed by atoms with E-state index in [9.17, 15) is 14.0 Å². The maximum atomic E-state index is 13.5. The maximum Gasteiger partial charge on any atom is 0.379 e. The summed E-state index contributed by atoms with van der Waals surface area (Å²) in [6, 6.07) is 1.23. The third-order valence-corrected chi connectivity index (χ3v) is 2.68. The standard InChI is InChI=1S/C11H9Cl2FO3/c1-3-17-11(16)10(15)7-6(12)4-5(2)9(14)8(7)13/h4H,3H2,1-2H3. The SMILES string of the molecule is CCOC(=O)C(=O)c1c(Cl)cc(C)c(F)c1Cl. The summed E-state index contributed by atoms with van der Waals surface area (Å²) in [6.07, 6.45) is 0. The molecule has 0 saturated carbocycles. The summed E-state index contributed by atoms with van der Waals surface area (Å²) < 4.78 is 18.0. The number of esters is 1. The van der Waals surface area contributed by atoms with Crippen LogP contribution in [0.4, 0.5) is 4.39 Å². The number of benzene rings is 1. The average Bonchev–Trinajstić information content (AvgIpc) is 2.26. The van der Waals surface area contributed by atoms with Gasteiger partial charge in [-0.1, -0.05) is 23.2 Å². The highest BCUT2D eigenvalue weighted by Crippen LogP contribution is 2.30. The van der Waals surface area contributed by atoms with Crippen molar-refractivity contribution in [2.24, 2.45) is 0 Å². The molecule has 1 aromatic rings. The molecule has 1 rings (SSSR count). The molecule has 0 heterocycles. The Morgan fingerprint density at radius 3 is 2.53 bits per heavy atom. The van der Waals surface area contributed by atoms with E-state index in [2.05, 4.69) is 4.74 Å². The molecule has 92 valence electrons. The minimum absolute atomic E-state index is 0.0359. The molecule has 17 heavy (non-hydrogen) atoms. The second kappa shape index (κ2) is 5.47. The van der Waals surface area contributed by atoms with Gasteiger partial charge in [-0.3, -0.25) is 4.79 Å². The van der Waals surface area contributed by atoms with E-state index in [1.165, 1.54) is 13.0 Å². The predicted molar refractivity (Wildman–Crippen MR) is 62.1 cm³/mol. The number of carbonyl (C=O) groups excluding carboxylic acids is 2. The Bertz CT molecular complexity index is 486. The highest BCUT2D eigenvalue weighted by Gasteiger charge is 2.26. The lowest BCUT2D eigenvalue weighted by molar-refractivity contribution is -0.137. The molecule has 0 bridgehead atoms. The van der Waals surface area contributed by atoms with Gasteiger partial charge in [0.1, 0.15) is 5.82 Å². The lowest BCUT2D eigenvalue weighted by atomic mass is 10.1. The molecule has 0 fully saturated rings. The van der Waals surface area contributed by atoms with Crippen molar-refractivity contribution >= 4 is 35.0 Å². The lowest BCUT2D eigenvalue weighted by Gasteiger charge is -2.08. The second-order valence-electron chi connectivity index (χ2n) is 3.23. The number of hydrogen-bond donors (Lipinski definition) is 0. The van der Waals surface area contributed by atoms with Crippen molar-refractivity contribution in [2.75, 3.05) is 6.61 Å². The number of halogens is 3. The summed E-state index contributed by atoms with van der Waals surface area (Å²) in [7, 11) is 0. The zero-order valence-corrected chi connectivity index (χ0v) is 10.7. The van der Waals surface area contributed by atoms with Gasteiger partial charge in [0, 0.05) is 0 Å². The first-order valence-corrected chi connectivity index (χ1v) is 5.51. The quantitative estimate of drug-likeness (QED) is 0.369. The normalized spacial score (nSPS) is 10.2. The molecule has 3 nitrogen and oxygen atoms in total. The molecule has 0 N–H and O–H groups in total. The van der Waals surface area contributed by atoms with E-state index in [0.29, 0.717) is 0 Å². The largest absolute Gasteiger partial charge is 0.460 e. The van der Waals surface area contributed by atoms with E-state index in [4.69, 9.17) is 23.2 Å². The van der Waals surface area contributed by atoms with Crippen molar-refractivity contribution in [1.82, 2.24) is 0 Å². The molecule has 0 spiro atoms. The van der Waals surface area contributed by atoms with Crippen LogP contribution < -0.4 is 0 Å². The number of rotatable bonds is 3. The molecule has 0 aliphatic rings. The van der Waals surface area contributed by atoms with Crippen LogP contribution >= 0.6 is 23.2 Å². The van der Waals surface area contributed by atoms with Gasteiger partial charge in [0.05, 0.1) is 22.2 Å². The van der Waals surface area contributed by atoms with Gasteiger partial charge in [0.25, 0.3) is 5.78 Å². The fourth-order valence-electron chi connectivity index (χ4n) is 1.22. The van der Waals surface area contributed by atoms with Crippen LogP contribution in [0.25, 0.3) is 0 Å². The number of ketones is 1. The van der Waals surface area contributed by atoms with Crippen molar-refractivity contribution in [2.45, 2.75) is 13.8 Å². The van der Waals surface area contributed by atoms with Crippen LogP contribution in [0, 0.1) is 12.7 Å². The molecule has 0 aliphatic carbocycles. The number of hydrogen-bond acceptors (Lipinski definition) is 3. The van der Waals surface area contributed by atoms with Gasteiger partial charge < -0.3 is 4.74 Å². The van der Waals surface area contributed by atoms with Crippen LogP contribution in [-0.2, 0) is 9.53 Å². The topological polar surface area (TPSA) is 43.4 Å². The first kappa shape index (κ1) is 13.9. The molecule has 1 aromatic carbocycles. The Kier molecular flexibility index (Phi) is 4.48. The fraction of sp³-hybridized carbons (Fsp3) is 0.273. The van der Waals surface area contributed by atoms with Crippen LogP contribution in [0.5, 0.6) is 0 Å². The minimum atomic E-state index is -1.11. The molecule has 0 aromatic heterocycles. The van der Waals surface area contributed by atoms with Crippen molar-refractivity contribution in [3.63, 3.8) is 0 Å². The van der Waals surface area contributed by atoms with Gasteiger partial charge in [-0.15, -0.1) is 0 Å². The first-order valence-electron chi connectivity index (χ1n) is 4.75. The molecular weight excluding hydrogens is 270 g/mol. The zero-order chi connectivity index (χ0) is 13.2. The fourth-order valence-corrected chi connectivity index (χ4v) is 1.95. The molecule has 0 atom stereocenters. The first-order chi connectivity index (χ1) is 7.90. The van der Waals surface area contributed by atoms with Gasteiger partial charge in [-0.05, 0) is 25.5 Å². The summed E-state index contributed by atoms with van der Waals surface area (Å²) in [5.74, 6) is -2.94. The third kappa shape index (κ3) is 2.76. The van der Waals surface area contributed by atoms with Crippen LogP contribution in [-0.4, -0.2) is 18.4 Å². The molecule has 6 heteroatoms. The molecule has 0 saturated heterocycles. The highest BCUT2D eigenvalue weighted by molar-refractivity contribution is 6.49. The van der Waals surface area contributed by atoms with Gasteiger partial charge >= 0.3 is 5.97 Å². The summed E-state index contributed by atoms with van der Waals surface area (Å²) in [4.78, 5) is 22.9. The predicted octanol–water partition coefficient (Wildman–Crippen LogP) is 3.19. The van der Waals surface area contributed by atoms with Crippen LogP contribution in [0.15, 0.2) is 6.07 Å². The van der Waals surface area contributed by atoms with E-state index >= 15 is 0 Å². The number of Topliss-reactive ketones (excluding diaryl/α,β-unsaturated/α-hetero) is 1. The van der Waals surface area contributed by atoms with Gasteiger partial charge in [-0.2, -0.15) is 0 Å². The lowest BCUT2D eigenvalue weighted by Crippen LogP contribution is -2.19. The number of aryl methyl sites for hydroxylation is 1. The van der Waals surface area contributed by atoms with Crippen molar-refractivity contribution < 1.29 is 18.7 Å². The Balaban J connectivity index is 3.28. The molecular formula is C11H9Cl2FO3. The molecule has 0 unspecified atom stereocenters. The van der Waals surface area contributed by atoms with E-state index in [1.807, 2.05) is 0 Å². The van der Waals surface area contributed by atoms with Gasteiger partial charge in [-0.25, -0.2) is 9.18 Å². The van der Waals surface area contributed by atoms with Crippen molar-refractivity contribution in [3.8, 4) is 0 Å². The zero-order valence-electron chi connectivity index (χ0n) is 9.14. The Morgan fingerprint density at radius 2 is 2.00 bits per heavy atom. The highest BCUT2D eigenvalue weighted by atomic mass is 35.5. The smallest absolute Gasteiger partial charge is 0.379 e. The van der Waals surface area contributed by atoms with E-state index in [0.717, 1.165) is 0 Å². The molecule has 0 amide bonds. The van der Waals surface area contributed by atoms with Crippen LogP contribution in [0.2, 0.25) is 10.0 Å². The van der Waals surface area contributed by atoms with Crippen molar-refractivity contribution in [3.05, 3.63) is 33.1 Å². The van der Waals surface area contributed by atoms with E-state index in [-0.39, 0.29) is 22.8 Å². The second-order valence-corrected chi connectivity index (χ2v) is 4.01. The molecule has 0 radical (unpaired) electrons. The van der Waals surface area contributed by atoms with E-state index < -0.39 is 22.6 Å². The summed E-state index contributed by atoms with van der Waals surface area (Å²) in [5, 5.41) is -0.542. The Morgan fingerprint density at radius 1 is 1.41 bits per heavy atom. The summed E-state index contributed by atoms with van der Waals surface area (Å²) in [6.45, 7) is 3.03. The van der Waals surface area contributed by atoms with Crippen molar-refractivity contribution in [1.29, 1.82) is 0 Å². The Labute approximate surface area is 107 Å². The average molecular weight is 279 g/mol. The van der Waals surface area contributed by atoms with Gasteiger partial charge in [0.2, 0.25) is 0 Å².